The van der Waals surface area contributed by atoms with E-state index in [4.69, 9.17) is 0 Å². The molecular weight excluding hydrogens is 398 g/mol. The van der Waals surface area contributed by atoms with E-state index in [1.807, 2.05) is 65.7 Å². The van der Waals surface area contributed by atoms with Gasteiger partial charge in [0.05, 0.1) is 6.20 Å². The zero-order valence-corrected chi connectivity index (χ0v) is 17.8. The first-order chi connectivity index (χ1) is 15.8. The molecule has 1 saturated heterocycles. The first-order valence-electron chi connectivity index (χ1n) is 11.1. The molecule has 1 atom stereocenters. The maximum Gasteiger partial charge on any atom is 0.346 e. The minimum atomic E-state index is -0.101. The molecule has 160 valence electrons. The Morgan fingerprint density at radius 2 is 1.72 bits per heavy atom. The molecule has 1 unspecified atom stereocenters. The number of hydrogen-bond acceptors (Lipinski definition) is 4. The molecule has 0 spiro atoms. The van der Waals surface area contributed by atoms with Crippen LogP contribution < -0.4 is 0 Å². The Bertz CT molecular complexity index is 1170. The number of likely N-dealkylation sites (tertiary alicyclic amines) is 1. The number of hydrogen-bond donors (Lipinski definition) is 0. The van der Waals surface area contributed by atoms with Gasteiger partial charge in [-0.05, 0) is 48.4 Å². The molecule has 4 aromatic rings. The highest BCUT2D eigenvalue weighted by Crippen LogP contribution is 2.24. The van der Waals surface area contributed by atoms with E-state index in [2.05, 4.69) is 27.4 Å². The summed E-state index contributed by atoms with van der Waals surface area (Å²) in [6, 6.07) is 22.5. The number of benzene rings is 2. The number of rotatable bonds is 4. The van der Waals surface area contributed by atoms with Crippen LogP contribution in [-0.4, -0.2) is 43.5 Å². The molecule has 0 aliphatic carbocycles. The normalized spacial score (nSPS) is 16.1. The largest absolute Gasteiger partial charge is 0.346 e. The second-order valence-corrected chi connectivity index (χ2v) is 8.18. The number of nitrogens with zero attached hydrogens (tertiary/aromatic N) is 5. The van der Waals surface area contributed by atoms with Crippen molar-refractivity contribution < 1.29 is 4.79 Å². The minimum absolute atomic E-state index is 0.101. The zero-order valence-electron chi connectivity index (χ0n) is 17.8. The predicted molar refractivity (Wildman–Crippen MR) is 124 cm³/mol. The molecule has 1 aliphatic rings. The highest BCUT2D eigenvalue weighted by Gasteiger charge is 2.28. The lowest BCUT2D eigenvalue weighted by atomic mass is 9.96. The molecule has 32 heavy (non-hydrogen) atoms. The monoisotopic (exact) mass is 423 g/mol. The summed E-state index contributed by atoms with van der Waals surface area (Å²) in [5, 5.41) is 8.42. The van der Waals surface area contributed by atoms with Gasteiger partial charge in [-0.15, -0.1) is 5.10 Å². The van der Waals surface area contributed by atoms with Crippen LogP contribution in [0, 0.1) is 0 Å². The van der Waals surface area contributed by atoms with Gasteiger partial charge in [-0.25, -0.2) is 4.79 Å². The third kappa shape index (κ3) is 4.30. The summed E-state index contributed by atoms with van der Waals surface area (Å²) in [7, 11) is 0. The lowest BCUT2D eigenvalue weighted by molar-refractivity contribution is 0.149. The van der Waals surface area contributed by atoms with E-state index < -0.39 is 0 Å². The Morgan fingerprint density at radius 3 is 2.50 bits per heavy atom. The van der Waals surface area contributed by atoms with E-state index in [1.165, 1.54) is 10.2 Å². The number of piperidine rings is 1. The van der Waals surface area contributed by atoms with E-state index in [1.54, 1.807) is 12.4 Å². The van der Waals surface area contributed by atoms with Crippen LogP contribution in [0.5, 0.6) is 0 Å². The van der Waals surface area contributed by atoms with Gasteiger partial charge in [-0.1, -0.05) is 65.9 Å². The fraction of sp³-hybridized carbons (Fsp3) is 0.231. The maximum absolute atomic E-state index is 13.3. The molecule has 0 bridgehead atoms. The highest BCUT2D eigenvalue weighted by molar-refractivity contribution is 5.77. The average molecular weight is 424 g/mol. The topological polar surface area (TPSA) is 63.9 Å². The molecular formula is C26H25N5O. The summed E-state index contributed by atoms with van der Waals surface area (Å²) in [5.74, 6) is 0. The number of carbonyl (C=O) groups excluding carboxylic acids is 1. The van der Waals surface area contributed by atoms with Gasteiger partial charge in [0.25, 0.3) is 0 Å². The van der Waals surface area contributed by atoms with Crippen molar-refractivity contribution in [3.05, 3.63) is 90.9 Å². The third-order valence-corrected chi connectivity index (χ3v) is 6.05. The van der Waals surface area contributed by atoms with Crippen LogP contribution in [0.2, 0.25) is 0 Å². The zero-order chi connectivity index (χ0) is 21.8. The molecule has 0 saturated carbocycles. The summed E-state index contributed by atoms with van der Waals surface area (Å²) in [6.45, 7) is 0.755. The van der Waals surface area contributed by atoms with Crippen molar-refractivity contribution in [3.8, 4) is 22.4 Å². The molecule has 6 heteroatoms. The van der Waals surface area contributed by atoms with Crippen molar-refractivity contribution in [2.24, 2.45) is 0 Å². The van der Waals surface area contributed by atoms with Crippen molar-refractivity contribution in [1.82, 2.24) is 24.9 Å². The summed E-state index contributed by atoms with van der Waals surface area (Å²) < 4.78 is 1.38. The highest BCUT2D eigenvalue weighted by atomic mass is 16.2. The van der Waals surface area contributed by atoms with Gasteiger partial charge < -0.3 is 4.90 Å². The van der Waals surface area contributed by atoms with Crippen LogP contribution in [0.3, 0.4) is 0 Å². The molecule has 0 N–H and O–H groups in total. The molecule has 5 rings (SSSR count). The summed E-state index contributed by atoms with van der Waals surface area (Å²) >= 11 is 0. The van der Waals surface area contributed by atoms with Gasteiger partial charge in [0, 0.05) is 30.5 Å². The van der Waals surface area contributed by atoms with Crippen LogP contribution in [0.1, 0.15) is 24.8 Å². The van der Waals surface area contributed by atoms with Gasteiger partial charge >= 0.3 is 6.03 Å². The van der Waals surface area contributed by atoms with Crippen molar-refractivity contribution in [2.75, 3.05) is 6.54 Å². The third-order valence-electron chi connectivity index (χ3n) is 6.05. The van der Waals surface area contributed by atoms with Crippen LogP contribution >= 0.6 is 0 Å². The van der Waals surface area contributed by atoms with Gasteiger partial charge in [-0.3, -0.25) is 4.98 Å². The second-order valence-electron chi connectivity index (χ2n) is 8.18. The number of carbonyl (C=O) groups is 1. The lowest BCUT2D eigenvalue weighted by Gasteiger charge is -2.35. The Labute approximate surface area is 187 Å². The fourth-order valence-corrected chi connectivity index (χ4v) is 4.34. The fourth-order valence-electron chi connectivity index (χ4n) is 4.34. The van der Waals surface area contributed by atoms with Crippen molar-refractivity contribution in [3.63, 3.8) is 0 Å². The smallest absolute Gasteiger partial charge is 0.320 e. The van der Waals surface area contributed by atoms with Crippen molar-refractivity contribution in [1.29, 1.82) is 0 Å². The molecule has 1 fully saturated rings. The number of aromatic nitrogens is 4. The van der Waals surface area contributed by atoms with Crippen LogP contribution in [0.4, 0.5) is 4.79 Å². The Hall–Kier alpha value is -3.80. The maximum atomic E-state index is 13.3. The van der Waals surface area contributed by atoms with Gasteiger partial charge in [0.1, 0.15) is 5.69 Å². The van der Waals surface area contributed by atoms with E-state index in [0.717, 1.165) is 48.9 Å². The quantitative estimate of drug-likeness (QED) is 0.460. The summed E-state index contributed by atoms with van der Waals surface area (Å²) in [5.41, 5.74) is 5.02. The van der Waals surface area contributed by atoms with Gasteiger partial charge in [0.15, 0.2) is 0 Å². The van der Waals surface area contributed by atoms with E-state index in [0.29, 0.717) is 5.69 Å². The van der Waals surface area contributed by atoms with Crippen LogP contribution in [-0.2, 0) is 6.42 Å². The molecule has 3 heterocycles. The van der Waals surface area contributed by atoms with Crippen molar-refractivity contribution in [2.45, 2.75) is 31.7 Å². The van der Waals surface area contributed by atoms with E-state index >= 15 is 0 Å². The summed E-state index contributed by atoms with van der Waals surface area (Å²) in [4.78, 5) is 19.4. The summed E-state index contributed by atoms with van der Waals surface area (Å²) in [6.07, 6.45) is 9.38. The molecule has 2 aromatic heterocycles. The predicted octanol–water partition coefficient (Wildman–Crippen LogP) is 5.07. The lowest BCUT2D eigenvalue weighted by Crippen LogP contribution is -2.46. The molecule has 0 radical (unpaired) electrons. The van der Waals surface area contributed by atoms with Crippen LogP contribution in [0.15, 0.2) is 85.3 Å². The Balaban J connectivity index is 1.32. The Kier molecular flexibility index (Phi) is 5.75. The SMILES string of the molecule is O=C(N1CCCCC1Cc1ccccc1)n1cc(-c2ccc(-c3cccnc3)cc2)nn1. The second kappa shape index (κ2) is 9.14. The van der Waals surface area contributed by atoms with Gasteiger partial charge in [-0.2, -0.15) is 4.68 Å². The van der Waals surface area contributed by atoms with E-state index in [-0.39, 0.29) is 12.1 Å². The molecule has 2 aromatic carbocycles. The molecule has 1 amide bonds. The first kappa shape index (κ1) is 20.1. The van der Waals surface area contributed by atoms with Crippen LogP contribution in [0.25, 0.3) is 22.4 Å². The Morgan fingerprint density at radius 1 is 0.906 bits per heavy atom. The average Bonchev–Trinajstić information content (AvgIpc) is 3.36. The number of amides is 1. The van der Waals surface area contributed by atoms with E-state index in [9.17, 15) is 4.79 Å². The first-order valence-corrected chi connectivity index (χ1v) is 11.1. The molecule has 6 nitrogen and oxygen atoms in total. The minimum Gasteiger partial charge on any atom is -0.320 e. The standard InChI is InChI=1S/C26H25N5O/c32-26(30-16-5-4-10-24(30)17-20-7-2-1-3-8-20)31-19-25(28-29-31)22-13-11-21(12-14-22)23-9-6-15-27-18-23/h1-3,6-9,11-15,18-19,24H,4-5,10,16-17H2. The van der Waals surface area contributed by atoms with Crippen molar-refractivity contribution >= 4 is 6.03 Å². The van der Waals surface area contributed by atoms with Gasteiger partial charge in [0.2, 0.25) is 0 Å². The number of pyridine rings is 1. The molecule has 1 aliphatic heterocycles.